The second kappa shape index (κ2) is 6.10. The van der Waals surface area contributed by atoms with Crippen LogP contribution in [0.2, 0.25) is 0 Å². The Labute approximate surface area is 123 Å². The normalized spacial score (nSPS) is 12.4. The van der Waals surface area contributed by atoms with Gasteiger partial charge in [0.25, 0.3) is 5.56 Å². The lowest BCUT2D eigenvalue weighted by Crippen LogP contribution is -2.39. The zero-order chi connectivity index (χ0) is 15.6. The summed E-state index contributed by atoms with van der Waals surface area (Å²) in [5, 5.41) is 3.34. The summed E-state index contributed by atoms with van der Waals surface area (Å²) in [4.78, 5) is 23.7. The van der Waals surface area contributed by atoms with Crippen molar-refractivity contribution in [3.05, 3.63) is 68.0 Å². The van der Waals surface area contributed by atoms with Crippen molar-refractivity contribution in [3.8, 4) is 0 Å². The summed E-state index contributed by atoms with van der Waals surface area (Å²) in [6, 6.07) is 8.29. The lowest BCUT2D eigenvalue weighted by Gasteiger charge is -2.16. The van der Waals surface area contributed by atoms with E-state index in [9.17, 15) is 9.59 Å². The Morgan fingerprint density at radius 3 is 2.52 bits per heavy atom. The minimum absolute atomic E-state index is 0.133. The van der Waals surface area contributed by atoms with Crippen LogP contribution in [0.4, 0.5) is 0 Å². The molecule has 1 aromatic heterocycles. The van der Waals surface area contributed by atoms with Gasteiger partial charge in [-0.05, 0) is 25.0 Å². The van der Waals surface area contributed by atoms with Crippen LogP contribution >= 0.6 is 0 Å². The van der Waals surface area contributed by atoms with Crippen LogP contribution in [0, 0.1) is 6.92 Å². The number of hydrogen-bond donors (Lipinski definition) is 1. The van der Waals surface area contributed by atoms with Gasteiger partial charge < -0.3 is 9.88 Å². The third-order valence-corrected chi connectivity index (χ3v) is 3.77. The highest BCUT2D eigenvalue weighted by molar-refractivity contribution is 5.28. The monoisotopic (exact) mass is 287 g/mol. The van der Waals surface area contributed by atoms with E-state index in [0.29, 0.717) is 12.1 Å². The van der Waals surface area contributed by atoms with E-state index in [1.54, 1.807) is 13.2 Å². The maximum absolute atomic E-state index is 12.1. The molecule has 0 amide bonds. The van der Waals surface area contributed by atoms with Gasteiger partial charge in [-0.3, -0.25) is 9.36 Å². The second-order valence-corrected chi connectivity index (χ2v) is 5.37. The first-order valence-corrected chi connectivity index (χ1v) is 6.96. The first-order chi connectivity index (χ1) is 9.91. The molecule has 1 N–H and O–H groups in total. The predicted octanol–water partition coefficient (Wildman–Crippen LogP) is 1.24. The molecule has 0 bridgehead atoms. The van der Waals surface area contributed by atoms with Gasteiger partial charge >= 0.3 is 5.69 Å². The van der Waals surface area contributed by atoms with E-state index in [-0.39, 0.29) is 17.3 Å². The average Bonchev–Trinajstić information content (AvgIpc) is 2.47. The number of aryl methyl sites for hydroxylation is 2. The summed E-state index contributed by atoms with van der Waals surface area (Å²) >= 11 is 0. The predicted molar refractivity (Wildman–Crippen MR) is 83.4 cm³/mol. The molecule has 0 radical (unpaired) electrons. The van der Waals surface area contributed by atoms with Gasteiger partial charge in [0.1, 0.15) is 0 Å². The molecular formula is C16H21N3O2. The second-order valence-electron chi connectivity index (χ2n) is 5.37. The highest BCUT2D eigenvalue weighted by atomic mass is 16.2. The summed E-state index contributed by atoms with van der Waals surface area (Å²) in [5.41, 5.74) is 2.45. The van der Waals surface area contributed by atoms with E-state index in [2.05, 4.69) is 31.3 Å². The number of benzene rings is 1. The third-order valence-electron chi connectivity index (χ3n) is 3.77. The molecule has 5 heteroatoms. The van der Waals surface area contributed by atoms with E-state index in [1.807, 2.05) is 12.1 Å². The zero-order valence-electron chi connectivity index (χ0n) is 12.9. The van der Waals surface area contributed by atoms with Crippen LogP contribution in [0.15, 0.2) is 40.1 Å². The van der Waals surface area contributed by atoms with Crippen LogP contribution in [-0.4, -0.2) is 9.13 Å². The molecule has 0 aliphatic rings. The molecule has 0 fully saturated rings. The van der Waals surface area contributed by atoms with Crippen molar-refractivity contribution >= 4 is 0 Å². The van der Waals surface area contributed by atoms with Gasteiger partial charge in [-0.2, -0.15) is 0 Å². The van der Waals surface area contributed by atoms with Gasteiger partial charge in [-0.25, -0.2) is 4.79 Å². The minimum atomic E-state index is -0.310. The lowest BCUT2D eigenvalue weighted by atomic mass is 10.0. The van der Waals surface area contributed by atoms with E-state index in [1.165, 1.54) is 22.7 Å². The van der Waals surface area contributed by atoms with Crippen molar-refractivity contribution in [2.45, 2.75) is 26.4 Å². The van der Waals surface area contributed by atoms with Gasteiger partial charge in [0.15, 0.2) is 0 Å². The first kappa shape index (κ1) is 15.3. The molecule has 5 nitrogen and oxygen atoms in total. The molecule has 0 saturated heterocycles. The molecule has 112 valence electrons. The van der Waals surface area contributed by atoms with Crippen LogP contribution in [0.1, 0.15) is 29.7 Å². The molecule has 0 aliphatic carbocycles. The Morgan fingerprint density at radius 2 is 1.86 bits per heavy atom. The van der Waals surface area contributed by atoms with Crippen LogP contribution in [0.3, 0.4) is 0 Å². The van der Waals surface area contributed by atoms with Gasteiger partial charge in [0.2, 0.25) is 0 Å². The number of nitrogens with zero attached hydrogens (tertiary/aromatic N) is 2. The fourth-order valence-electron chi connectivity index (χ4n) is 2.45. The Balaban J connectivity index is 2.20. The van der Waals surface area contributed by atoms with Gasteiger partial charge in [-0.1, -0.05) is 24.3 Å². The number of aromatic nitrogens is 2. The maximum atomic E-state index is 12.1. The van der Waals surface area contributed by atoms with Crippen molar-refractivity contribution in [1.29, 1.82) is 0 Å². The summed E-state index contributed by atoms with van der Waals surface area (Å²) in [5.74, 6) is 0. The largest absolute Gasteiger partial charge is 0.330 e. The van der Waals surface area contributed by atoms with Gasteiger partial charge in [0, 0.05) is 38.4 Å². The molecule has 0 aliphatic heterocycles. The number of hydrogen-bond acceptors (Lipinski definition) is 3. The fourth-order valence-corrected chi connectivity index (χ4v) is 2.45. The Kier molecular flexibility index (Phi) is 4.43. The highest BCUT2D eigenvalue weighted by Gasteiger charge is 2.10. The SMILES string of the molecule is Cc1ccccc1[C@H](C)NCc1cn(C)c(=O)n(C)c1=O. The number of rotatable bonds is 4. The molecule has 1 heterocycles. The molecule has 1 aromatic carbocycles. The third kappa shape index (κ3) is 3.13. The van der Waals surface area contributed by atoms with Crippen molar-refractivity contribution in [2.24, 2.45) is 14.1 Å². The standard InChI is InChI=1S/C16H21N3O2/c1-11-7-5-6-8-14(11)12(2)17-9-13-10-18(3)16(21)19(4)15(13)20/h5-8,10,12,17H,9H2,1-4H3/t12-/m0/s1. The van der Waals surface area contributed by atoms with E-state index in [0.717, 1.165) is 4.57 Å². The van der Waals surface area contributed by atoms with Crippen molar-refractivity contribution in [1.82, 2.24) is 14.5 Å². The van der Waals surface area contributed by atoms with Crippen molar-refractivity contribution < 1.29 is 0 Å². The molecule has 1 atom stereocenters. The summed E-state index contributed by atoms with van der Waals surface area (Å²) in [6.45, 7) is 4.56. The molecule has 0 saturated carbocycles. The molecule has 0 unspecified atom stereocenters. The van der Waals surface area contributed by atoms with Gasteiger partial charge in [-0.15, -0.1) is 0 Å². The average molecular weight is 287 g/mol. The van der Waals surface area contributed by atoms with Crippen LogP contribution in [0.5, 0.6) is 0 Å². The maximum Gasteiger partial charge on any atom is 0.330 e. The van der Waals surface area contributed by atoms with Crippen LogP contribution in [-0.2, 0) is 20.6 Å². The van der Waals surface area contributed by atoms with E-state index < -0.39 is 0 Å². The molecule has 2 aromatic rings. The lowest BCUT2D eigenvalue weighted by molar-refractivity contribution is 0.557. The molecule has 21 heavy (non-hydrogen) atoms. The van der Waals surface area contributed by atoms with Crippen molar-refractivity contribution in [2.75, 3.05) is 0 Å². The highest BCUT2D eigenvalue weighted by Crippen LogP contribution is 2.16. The quantitative estimate of drug-likeness (QED) is 0.920. The number of nitrogens with one attached hydrogen (secondary N) is 1. The van der Waals surface area contributed by atoms with Gasteiger partial charge in [0.05, 0.1) is 0 Å². The molecular weight excluding hydrogens is 266 g/mol. The van der Waals surface area contributed by atoms with Crippen LogP contribution in [0.25, 0.3) is 0 Å². The zero-order valence-corrected chi connectivity index (χ0v) is 12.9. The molecule has 0 spiro atoms. The smallest absolute Gasteiger partial charge is 0.306 e. The Hall–Kier alpha value is -2.14. The Bertz CT molecular complexity index is 759. The fraction of sp³-hybridized carbons (Fsp3) is 0.375. The molecule has 2 rings (SSSR count). The van der Waals surface area contributed by atoms with Crippen LogP contribution < -0.4 is 16.6 Å². The van der Waals surface area contributed by atoms with E-state index in [4.69, 9.17) is 0 Å². The topological polar surface area (TPSA) is 56.0 Å². The minimum Gasteiger partial charge on any atom is -0.306 e. The Morgan fingerprint density at radius 1 is 1.19 bits per heavy atom. The first-order valence-electron chi connectivity index (χ1n) is 6.96. The summed E-state index contributed by atoms with van der Waals surface area (Å²) < 4.78 is 2.56. The van der Waals surface area contributed by atoms with E-state index >= 15 is 0 Å². The summed E-state index contributed by atoms with van der Waals surface area (Å²) in [7, 11) is 3.15. The van der Waals surface area contributed by atoms with Crippen molar-refractivity contribution in [3.63, 3.8) is 0 Å². The summed E-state index contributed by atoms with van der Waals surface area (Å²) in [6.07, 6.45) is 1.60.